The van der Waals surface area contributed by atoms with Crippen LogP contribution in [-0.4, -0.2) is 50.7 Å². The van der Waals surface area contributed by atoms with E-state index in [0.717, 1.165) is 0 Å². The summed E-state index contributed by atoms with van der Waals surface area (Å²) in [6.07, 6.45) is -0.582. The van der Waals surface area contributed by atoms with Gasteiger partial charge < -0.3 is 21.5 Å². The summed E-state index contributed by atoms with van der Waals surface area (Å²) in [6, 6.07) is 0.576. The van der Waals surface area contributed by atoms with Gasteiger partial charge in [-0.15, -0.1) is 0 Å². The van der Waals surface area contributed by atoms with Gasteiger partial charge in [0.2, 0.25) is 5.91 Å². The van der Waals surface area contributed by atoms with Gasteiger partial charge in [-0.3, -0.25) is 14.7 Å². The van der Waals surface area contributed by atoms with Crippen molar-refractivity contribution in [1.29, 1.82) is 0 Å². The number of primary amides is 1. The van der Waals surface area contributed by atoms with Gasteiger partial charge in [-0.05, 0) is 0 Å². The molecular formula is C9H13N5O3. The molecule has 2 rings (SSSR count). The summed E-state index contributed by atoms with van der Waals surface area (Å²) in [5, 5.41) is 15.5. The number of rotatable bonds is 2. The Balaban J connectivity index is 2.21. The van der Waals surface area contributed by atoms with E-state index in [4.69, 9.17) is 11.5 Å². The number of nitrogens with two attached hydrogens (primary N) is 2. The fraction of sp³-hybridized carbons (Fsp3) is 0.444. The van der Waals surface area contributed by atoms with Crippen LogP contribution in [0.15, 0.2) is 6.07 Å². The molecule has 92 valence electrons. The molecule has 1 aromatic heterocycles. The number of nitrogen functional groups attached to an aromatic ring is 1. The number of hydrogen-bond donors (Lipinski definition) is 4. The average Bonchev–Trinajstić information content (AvgIpc) is 2.83. The number of likely N-dealkylation sites (tertiary alicyclic amines) is 1. The van der Waals surface area contributed by atoms with Crippen molar-refractivity contribution in [3.63, 3.8) is 0 Å². The molecule has 0 radical (unpaired) electrons. The standard InChI is InChI=1S/C9H13N5O3/c10-7-2-5(12-13-7)9(17)14-3-4(15)1-6(14)8(11)16/h2,4,6,15H,1,3H2,(H2,11,16)(H3,10,12,13). The number of aliphatic hydroxyl groups excluding tert-OH is 1. The third-order valence-electron chi connectivity index (χ3n) is 2.70. The summed E-state index contributed by atoms with van der Waals surface area (Å²) in [5.41, 5.74) is 10.7. The lowest BCUT2D eigenvalue weighted by atomic mass is 10.2. The molecule has 1 aromatic rings. The Kier molecular flexibility index (Phi) is 2.72. The molecule has 0 bridgehead atoms. The van der Waals surface area contributed by atoms with Crippen LogP contribution in [-0.2, 0) is 4.79 Å². The van der Waals surface area contributed by atoms with Crippen molar-refractivity contribution in [3.8, 4) is 0 Å². The first kappa shape index (κ1) is 11.4. The van der Waals surface area contributed by atoms with Crippen LogP contribution in [0.2, 0.25) is 0 Å². The summed E-state index contributed by atoms with van der Waals surface area (Å²) in [6.45, 7) is 0.0748. The highest BCUT2D eigenvalue weighted by molar-refractivity contribution is 5.96. The third-order valence-corrected chi connectivity index (χ3v) is 2.70. The van der Waals surface area contributed by atoms with Gasteiger partial charge in [0.15, 0.2) is 0 Å². The number of aliphatic hydroxyl groups is 1. The van der Waals surface area contributed by atoms with E-state index in [0.29, 0.717) is 0 Å². The zero-order valence-electron chi connectivity index (χ0n) is 8.96. The van der Waals surface area contributed by atoms with Crippen molar-refractivity contribution >= 4 is 17.6 Å². The van der Waals surface area contributed by atoms with Crippen molar-refractivity contribution in [2.24, 2.45) is 5.73 Å². The zero-order chi connectivity index (χ0) is 12.6. The maximum absolute atomic E-state index is 12.0. The highest BCUT2D eigenvalue weighted by Gasteiger charge is 2.38. The smallest absolute Gasteiger partial charge is 0.272 e. The maximum atomic E-state index is 12.0. The summed E-state index contributed by atoms with van der Waals surface area (Å²) >= 11 is 0. The van der Waals surface area contributed by atoms with Gasteiger partial charge in [0.05, 0.1) is 6.10 Å². The van der Waals surface area contributed by atoms with Crippen molar-refractivity contribution in [3.05, 3.63) is 11.8 Å². The summed E-state index contributed by atoms with van der Waals surface area (Å²) in [4.78, 5) is 24.4. The molecule has 2 atom stereocenters. The lowest BCUT2D eigenvalue weighted by Crippen LogP contribution is -2.43. The quantitative estimate of drug-likeness (QED) is 0.475. The molecular weight excluding hydrogens is 226 g/mol. The van der Waals surface area contributed by atoms with Crippen LogP contribution in [0.1, 0.15) is 16.9 Å². The molecule has 8 nitrogen and oxygen atoms in total. The van der Waals surface area contributed by atoms with Crippen LogP contribution in [0, 0.1) is 0 Å². The number of amides is 2. The number of carbonyl (C=O) groups excluding carboxylic acids is 2. The van der Waals surface area contributed by atoms with Gasteiger partial charge in [0.25, 0.3) is 5.91 Å². The number of hydrogen-bond acceptors (Lipinski definition) is 5. The highest BCUT2D eigenvalue weighted by Crippen LogP contribution is 2.20. The monoisotopic (exact) mass is 239 g/mol. The van der Waals surface area contributed by atoms with Crippen LogP contribution in [0.4, 0.5) is 5.82 Å². The van der Waals surface area contributed by atoms with Gasteiger partial charge in [0, 0.05) is 19.0 Å². The van der Waals surface area contributed by atoms with E-state index < -0.39 is 24.0 Å². The number of nitrogens with zero attached hydrogens (tertiary/aromatic N) is 2. The van der Waals surface area contributed by atoms with Gasteiger partial charge >= 0.3 is 0 Å². The number of nitrogens with one attached hydrogen (secondary N) is 1. The minimum absolute atomic E-state index is 0.0748. The van der Waals surface area contributed by atoms with Crippen molar-refractivity contribution in [1.82, 2.24) is 15.1 Å². The van der Waals surface area contributed by atoms with Gasteiger partial charge in [-0.25, -0.2) is 0 Å². The first-order chi connectivity index (χ1) is 7.99. The summed E-state index contributed by atoms with van der Waals surface area (Å²) in [5.74, 6) is -0.902. The van der Waals surface area contributed by atoms with E-state index in [1.54, 1.807) is 0 Å². The van der Waals surface area contributed by atoms with Crippen molar-refractivity contribution in [2.75, 3.05) is 12.3 Å². The van der Waals surface area contributed by atoms with Gasteiger partial charge in [-0.2, -0.15) is 5.10 Å². The van der Waals surface area contributed by atoms with E-state index in [-0.39, 0.29) is 24.5 Å². The second kappa shape index (κ2) is 4.06. The third kappa shape index (κ3) is 2.07. The Hall–Kier alpha value is -2.09. The second-order valence-corrected chi connectivity index (χ2v) is 3.97. The highest BCUT2D eigenvalue weighted by atomic mass is 16.3. The number of carbonyl (C=O) groups is 2. The molecule has 1 aliphatic heterocycles. The molecule has 2 amide bonds. The van der Waals surface area contributed by atoms with E-state index in [9.17, 15) is 14.7 Å². The SMILES string of the molecule is NC(=O)C1CC(O)CN1C(=O)c1cc(N)n[nH]1. The topological polar surface area (TPSA) is 138 Å². The first-order valence-electron chi connectivity index (χ1n) is 5.08. The Morgan fingerprint density at radius 1 is 1.59 bits per heavy atom. The van der Waals surface area contributed by atoms with Crippen LogP contribution in [0.5, 0.6) is 0 Å². The van der Waals surface area contributed by atoms with Crippen LogP contribution in [0.3, 0.4) is 0 Å². The number of anilines is 1. The van der Waals surface area contributed by atoms with Gasteiger partial charge in [-0.1, -0.05) is 0 Å². The zero-order valence-corrected chi connectivity index (χ0v) is 8.96. The Morgan fingerprint density at radius 3 is 2.82 bits per heavy atom. The molecule has 0 spiro atoms. The number of aromatic amines is 1. The number of β-amino-alcohol motifs (C(OH)–C–C–N with tert-alkyl or cyclic N) is 1. The number of H-pyrrole nitrogens is 1. The lowest BCUT2D eigenvalue weighted by molar-refractivity contribution is -0.121. The fourth-order valence-electron chi connectivity index (χ4n) is 1.91. The fourth-order valence-corrected chi connectivity index (χ4v) is 1.91. The minimum Gasteiger partial charge on any atom is -0.391 e. The van der Waals surface area contributed by atoms with Crippen LogP contribution in [0.25, 0.3) is 0 Å². The molecule has 17 heavy (non-hydrogen) atoms. The molecule has 1 aliphatic rings. The van der Waals surface area contributed by atoms with Crippen LogP contribution < -0.4 is 11.5 Å². The first-order valence-corrected chi connectivity index (χ1v) is 5.08. The molecule has 1 fully saturated rings. The number of aromatic nitrogens is 2. The molecule has 0 aromatic carbocycles. The molecule has 2 heterocycles. The Labute approximate surface area is 96.6 Å². The maximum Gasteiger partial charge on any atom is 0.272 e. The summed E-state index contributed by atoms with van der Waals surface area (Å²) < 4.78 is 0. The molecule has 1 saturated heterocycles. The largest absolute Gasteiger partial charge is 0.391 e. The Morgan fingerprint density at radius 2 is 2.29 bits per heavy atom. The van der Waals surface area contributed by atoms with E-state index in [1.807, 2.05) is 0 Å². The van der Waals surface area contributed by atoms with Crippen molar-refractivity contribution < 1.29 is 14.7 Å². The van der Waals surface area contributed by atoms with E-state index in [2.05, 4.69) is 10.2 Å². The molecule has 6 N–H and O–H groups in total. The average molecular weight is 239 g/mol. The van der Waals surface area contributed by atoms with E-state index in [1.165, 1.54) is 11.0 Å². The molecule has 2 unspecified atom stereocenters. The predicted molar refractivity (Wildman–Crippen MR) is 57.6 cm³/mol. The van der Waals surface area contributed by atoms with Gasteiger partial charge in [0.1, 0.15) is 17.6 Å². The summed E-state index contributed by atoms with van der Waals surface area (Å²) in [7, 11) is 0. The molecule has 0 saturated carbocycles. The molecule has 8 heteroatoms. The second-order valence-electron chi connectivity index (χ2n) is 3.97. The van der Waals surface area contributed by atoms with E-state index >= 15 is 0 Å². The molecule has 0 aliphatic carbocycles. The lowest BCUT2D eigenvalue weighted by Gasteiger charge is -2.20. The van der Waals surface area contributed by atoms with Crippen molar-refractivity contribution in [2.45, 2.75) is 18.6 Å². The predicted octanol–water partition coefficient (Wildman–Crippen LogP) is -1.95. The van der Waals surface area contributed by atoms with Crippen LogP contribution >= 0.6 is 0 Å². The minimum atomic E-state index is -0.790. The Bertz CT molecular complexity index is 457. The normalized spacial score (nSPS) is 23.9.